The Bertz CT molecular complexity index is 451. The largest absolute Gasteiger partial charge is 0.383 e. The van der Waals surface area contributed by atoms with Crippen molar-refractivity contribution in [3.8, 4) is 0 Å². The van der Waals surface area contributed by atoms with Gasteiger partial charge in [-0.1, -0.05) is 34.6 Å². The third-order valence-electron chi connectivity index (χ3n) is 3.56. The lowest BCUT2D eigenvalue weighted by molar-refractivity contribution is 0.300. The molecule has 0 saturated carbocycles. The molecule has 0 aliphatic rings. The molecule has 5 nitrogen and oxygen atoms in total. The first-order chi connectivity index (χ1) is 9.79. The van der Waals surface area contributed by atoms with Crippen molar-refractivity contribution in [2.24, 2.45) is 0 Å². The van der Waals surface area contributed by atoms with Crippen LogP contribution in [0.3, 0.4) is 0 Å². The zero-order valence-corrected chi connectivity index (χ0v) is 14.5. The number of nitrogens with two attached hydrogens (primary N) is 1. The van der Waals surface area contributed by atoms with E-state index in [-0.39, 0.29) is 5.41 Å². The number of hydrogen-bond acceptors (Lipinski definition) is 5. The van der Waals surface area contributed by atoms with Gasteiger partial charge in [0.05, 0.1) is 0 Å². The summed E-state index contributed by atoms with van der Waals surface area (Å²) in [6.45, 7) is 16.8. The minimum atomic E-state index is -0.101. The first-order valence-electron chi connectivity index (χ1n) is 7.90. The van der Waals surface area contributed by atoms with Gasteiger partial charge in [0.25, 0.3) is 0 Å². The summed E-state index contributed by atoms with van der Waals surface area (Å²) in [6.07, 6.45) is 1.18. The predicted octanol–water partition coefficient (Wildman–Crippen LogP) is 2.81. The van der Waals surface area contributed by atoms with Crippen LogP contribution >= 0.6 is 0 Å². The quantitative estimate of drug-likeness (QED) is 0.809. The number of anilines is 2. The Labute approximate surface area is 129 Å². The molecule has 0 aliphatic heterocycles. The van der Waals surface area contributed by atoms with Gasteiger partial charge in [-0.25, -0.2) is 9.97 Å². The Kier molecular flexibility index (Phi) is 6.40. The van der Waals surface area contributed by atoms with Gasteiger partial charge in [-0.05, 0) is 26.4 Å². The van der Waals surface area contributed by atoms with Crippen LogP contribution < -0.4 is 11.1 Å². The van der Waals surface area contributed by atoms with Crippen molar-refractivity contribution in [2.75, 3.05) is 37.2 Å². The Morgan fingerprint density at radius 1 is 1.14 bits per heavy atom. The highest BCUT2D eigenvalue weighted by molar-refractivity contribution is 5.55. The van der Waals surface area contributed by atoms with E-state index < -0.39 is 0 Å². The van der Waals surface area contributed by atoms with Gasteiger partial charge in [0.2, 0.25) is 0 Å². The molecular weight excluding hydrogens is 262 g/mol. The molecule has 1 aromatic rings. The number of nitrogen functional groups attached to an aromatic ring is 1. The molecule has 0 unspecified atom stereocenters. The molecule has 0 saturated heterocycles. The number of hydrogen-bond donors (Lipinski definition) is 2. The Hall–Kier alpha value is -1.36. The molecular formula is C16H31N5. The van der Waals surface area contributed by atoms with Crippen LogP contribution in [0.5, 0.6) is 0 Å². The fourth-order valence-electron chi connectivity index (χ4n) is 2.12. The van der Waals surface area contributed by atoms with Crippen LogP contribution in [0.4, 0.5) is 11.6 Å². The summed E-state index contributed by atoms with van der Waals surface area (Å²) >= 11 is 0. The second-order valence-electron chi connectivity index (χ2n) is 6.52. The van der Waals surface area contributed by atoms with E-state index in [1.165, 1.54) is 6.42 Å². The molecule has 120 valence electrons. The molecule has 0 aliphatic carbocycles. The molecule has 5 heteroatoms. The highest BCUT2D eigenvalue weighted by Gasteiger charge is 2.20. The van der Waals surface area contributed by atoms with E-state index in [0.717, 1.165) is 43.4 Å². The van der Waals surface area contributed by atoms with Gasteiger partial charge in [-0.2, -0.15) is 0 Å². The molecule has 21 heavy (non-hydrogen) atoms. The van der Waals surface area contributed by atoms with Crippen molar-refractivity contribution in [1.82, 2.24) is 14.9 Å². The van der Waals surface area contributed by atoms with Gasteiger partial charge >= 0.3 is 0 Å². The van der Waals surface area contributed by atoms with Crippen molar-refractivity contribution in [2.45, 2.75) is 53.4 Å². The monoisotopic (exact) mass is 293 g/mol. The summed E-state index contributed by atoms with van der Waals surface area (Å²) < 4.78 is 0. The number of nitrogens with one attached hydrogen (secondary N) is 1. The fraction of sp³-hybridized carbons (Fsp3) is 0.750. The summed E-state index contributed by atoms with van der Waals surface area (Å²) in [6, 6.07) is 0. The van der Waals surface area contributed by atoms with Crippen molar-refractivity contribution < 1.29 is 0 Å². The summed E-state index contributed by atoms with van der Waals surface area (Å²) in [5.41, 5.74) is 6.85. The van der Waals surface area contributed by atoms with E-state index in [4.69, 9.17) is 5.73 Å². The van der Waals surface area contributed by atoms with Gasteiger partial charge in [0.15, 0.2) is 0 Å². The number of aromatic nitrogens is 2. The third-order valence-corrected chi connectivity index (χ3v) is 3.56. The summed E-state index contributed by atoms with van der Waals surface area (Å²) in [4.78, 5) is 11.5. The third kappa shape index (κ3) is 5.16. The van der Waals surface area contributed by atoms with Crippen molar-refractivity contribution in [3.63, 3.8) is 0 Å². The number of nitrogens with zero attached hydrogens (tertiary/aromatic N) is 3. The molecule has 3 N–H and O–H groups in total. The van der Waals surface area contributed by atoms with E-state index in [9.17, 15) is 0 Å². The normalized spacial score (nSPS) is 12.0. The van der Waals surface area contributed by atoms with Crippen molar-refractivity contribution >= 4 is 11.6 Å². The average molecular weight is 293 g/mol. The second kappa shape index (κ2) is 7.59. The maximum absolute atomic E-state index is 6.02. The molecule has 1 heterocycles. The standard InChI is InChI=1S/C16H31N5/c1-7-10-21(8-2)11-9-18-14-12(3)13(17)19-15(20-14)16(4,5)6/h7-11H2,1-6H3,(H3,17,18,19,20). The average Bonchev–Trinajstić information content (AvgIpc) is 2.41. The van der Waals surface area contributed by atoms with Gasteiger partial charge in [-0.3, -0.25) is 0 Å². The lowest BCUT2D eigenvalue weighted by Gasteiger charge is -2.22. The second-order valence-corrected chi connectivity index (χ2v) is 6.52. The Balaban J connectivity index is 2.76. The van der Waals surface area contributed by atoms with Gasteiger partial charge in [0.1, 0.15) is 17.5 Å². The van der Waals surface area contributed by atoms with Crippen LogP contribution in [0.25, 0.3) is 0 Å². The number of likely N-dealkylation sites (N-methyl/N-ethyl adjacent to an activating group) is 1. The Morgan fingerprint density at radius 3 is 2.33 bits per heavy atom. The topological polar surface area (TPSA) is 67.1 Å². The van der Waals surface area contributed by atoms with Crippen LogP contribution in [0.2, 0.25) is 0 Å². The molecule has 0 bridgehead atoms. The molecule has 0 radical (unpaired) electrons. The van der Waals surface area contributed by atoms with Gasteiger partial charge in [0, 0.05) is 24.1 Å². The highest BCUT2D eigenvalue weighted by atomic mass is 15.1. The lowest BCUT2D eigenvalue weighted by Crippen LogP contribution is -2.30. The molecule has 1 rings (SSSR count). The zero-order valence-electron chi connectivity index (χ0n) is 14.5. The molecule has 1 aromatic heterocycles. The maximum Gasteiger partial charge on any atom is 0.138 e. The Morgan fingerprint density at radius 2 is 1.81 bits per heavy atom. The van der Waals surface area contributed by atoms with Crippen LogP contribution in [-0.2, 0) is 5.41 Å². The van der Waals surface area contributed by atoms with Crippen molar-refractivity contribution in [1.29, 1.82) is 0 Å². The maximum atomic E-state index is 6.02. The fourth-order valence-corrected chi connectivity index (χ4v) is 2.12. The predicted molar refractivity (Wildman–Crippen MR) is 90.8 cm³/mol. The van der Waals surface area contributed by atoms with Crippen LogP contribution in [0, 0.1) is 6.92 Å². The van der Waals surface area contributed by atoms with E-state index in [1.807, 2.05) is 6.92 Å². The molecule has 0 fully saturated rings. The molecule has 0 aromatic carbocycles. The summed E-state index contributed by atoms with van der Waals surface area (Å²) in [7, 11) is 0. The summed E-state index contributed by atoms with van der Waals surface area (Å²) in [5, 5.41) is 3.42. The van der Waals surface area contributed by atoms with Crippen LogP contribution in [0.15, 0.2) is 0 Å². The van der Waals surface area contributed by atoms with Gasteiger partial charge in [-0.15, -0.1) is 0 Å². The van der Waals surface area contributed by atoms with E-state index in [1.54, 1.807) is 0 Å². The minimum absolute atomic E-state index is 0.101. The number of rotatable bonds is 7. The van der Waals surface area contributed by atoms with Crippen LogP contribution in [-0.4, -0.2) is 41.0 Å². The zero-order chi connectivity index (χ0) is 16.0. The van der Waals surface area contributed by atoms with Crippen LogP contribution in [0.1, 0.15) is 52.4 Å². The van der Waals surface area contributed by atoms with E-state index in [0.29, 0.717) is 5.82 Å². The first kappa shape index (κ1) is 17.7. The van der Waals surface area contributed by atoms with Crippen molar-refractivity contribution in [3.05, 3.63) is 11.4 Å². The first-order valence-corrected chi connectivity index (χ1v) is 7.90. The minimum Gasteiger partial charge on any atom is -0.383 e. The summed E-state index contributed by atoms with van der Waals surface area (Å²) in [5.74, 6) is 2.22. The van der Waals surface area contributed by atoms with E-state index in [2.05, 4.69) is 54.8 Å². The van der Waals surface area contributed by atoms with Gasteiger partial charge < -0.3 is 16.0 Å². The molecule has 0 spiro atoms. The molecule has 0 atom stereocenters. The smallest absolute Gasteiger partial charge is 0.138 e. The molecule has 0 amide bonds. The highest BCUT2D eigenvalue weighted by Crippen LogP contribution is 2.24. The van der Waals surface area contributed by atoms with E-state index >= 15 is 0 Å². The lowest BCUT2D eigenvalue weighted by atomic mass is 9.95. The SMILES string of the molecule is CCCN(CC)CCNc1nc(C(C)(C)C)nc(N)c1C.